The van der Waals surface area contributed by atoms with Crippen LogP contribution in [0.1, 0.15) is 265 Å². The first kappa shape index (κ1) is 79.2. The number of carbonyl (C=O) groups excluding carboxylic acids is 2. The van der Waals surface area contributed by atoms with Gasteiger partial charge in [0.2, 0.25) is 5.91 Å². The van der Waals surface area contributed by atoms with Crippen molar-refractivity contribution in [3.05, 3.63) is 134 Å². The maximum absolute atomic E-state index is 13.5. The maximum atomic E-state index is 13.5. The molecule has 0 saturated heterocycles. The predicted molar refractivity (Wildman–Crippen MR) is 357 cm³/mol. The van der Waals surface area contributed by atoms with Crippen LogP contribution in [-0.2, 0) is 27.9 Å². The molecule has 0 aromatic rings. The van der Waals surface area contributed by atoms with E-state index in [9.17, 15) is 19.0 Å². The molecule has 0 saturated carbocycles. The number of amides is 1. The Bertz CT molecular complexity index is 1880. The Morgan fingerprint density at radius 1 is 0.434 bits per heavy atom. The molecule has 0 radical (unpaired) electrons. The Labute approximate surface area is 511 Å². The smallest absolute Gasteiger partial charge is 0.306 e. The molecule has 0 fully saturated rings. The number of rotatable bonds is 59. The number of likely N-dealkylation sites (N-methyl/N-ethyl adjacent to an activating group) is 1. The summed E-state index contributed by atoms with van der Waals surface area (Å²) in [5, 5.41) is 3.01. The first-order valence-corrected chi connectivity index (χ1v) is 35.0. The molecule has 3 unspecified atom stereocenters. The van der Waals surface area contributed by atoms with Crippen LogP contribution >= 0.6 is 7.82 Å². The van der Waals surface area contributed by atoms with E-state index in [2.05, 4.69) is 148 Å². The second-order valence-corrected chi connectivity index (χ2v) is 24.6. The number of hydrogen-bond donors (Lipinski definition) is 1. The molecule has 10 heteroatoms. The van der Waals surface area contributed by atoms with Crippen LogP contribution < -0.4 is 10.2 Å². The van der Waals surface area contributed by atoms with Gasteiger partial charge in [0.05, 0.1) is 33.8 Å². The Hall–Kier alpha value is -3.85. The van der Waals surface area contributed by atoms with Crippen LogP contribution in [0, 0.1) is 0 Å². The summed E-state index contributed by atoms with van der Waals surface area (Å²) >= 11 is 0. The molecule has 0 aliphatic heterocycles. The minimum Gasteiger partial charge on any atom is -0.756 e. The monoisotopic (exact) mass is 1170 g/mol. The number of hydrogen-bond acceptors (Lipinski definition) is 7. The minimum absolute atomic E-state index is 0.0363. The fraction of sp³-hybridized carbons (Fsp3) is 0.671. The second kappa shape index (κ2) is 61.2. The van der Waals surface area contributed by atoms with Crippen LogP contribution in [0.5, 0.6) is 0 Å². The van der Waals surface area contributed by atoms with E-state index in [0.717, 1.165) is 128 Å². The van der Waals surface area contributed by atoms with Gasteiger partial charge < -0.3 is 28.5 Å². The summed E-state index contributed by atoms with van der Waals surface area (Å²) in [4.78, 5) is 40.1. The summed E-state index contributed by atoms with van der Waals surface area (Å²) in [6, 6.07) is -0.916. The third-order valence-corrected chi connectivity index (χ3v) is 15.0. The topological polar surface area (TPSA) is 114 Å². The SMILES string of the molecule is CC/C=C\C/C=C\C/C=C\C/C=C\C/C=C\CCCCCCCCCCCCCC(=O)OC(/C=C\CCCCCCCCCCC)C(COP(=O)([O-])OCC[N+](C)(C)C)NC(=O)CCCCC/C=C\C/C=C\C/C=C\C/C=C\C/C=C\CC. The van der Waals surface area contributed by atoms with Crippen molar-refractivity contribution in [3.8, 4) is 0 Å². The third-order valence-electron chi connectivity index (χ3n) is 14.1. The third kappa shape index (κ3) is 62.5. The van der Waals surface area contributed by atoms with E-state index < -0.39 is 26.6 Å². The summed E-state index contributed by atoms with van der Waals surface area (Å²) in [5.41, 5.74) is 0. The predicted octanol–water partition coefficient (Wildman–Crippen LogP) is 20.6. The van der Waals surface area contributed by atoms with Gasteiger partial charge in [-0.25, -0.2) is 0 Å². The Morgan fingerprint density at radius 3 is 1.17 bits per heavy atom. The lowest BCUT2D eigenvalue weighted by Gasteiger charge is -2.30. The van der Waals surface area contributed by atoms with Gasteiger partial charge in [0.25, 0.3) is 7.82 Å². The number of quaternary nitrogens is 1. The number of esters is 1. The van der Waals surface area contributed by atoms with Gasteiger partial charge in [0.1, 0.15) is 19.3 Å². The molecular weight excluding hydrogens is 1050 g/mol. The van der Waals surface area contributed by atoms with Crippen LogP contribution in [0.4, 0.5) is 0 Å². The molecule has 0 heterocycles. The number of unbranched alkanes of at least 4 members (excludes halogenated alkanes) is 23. The molecule has 9 nitrogen and oxygen atoms in total. The Morgan fingerprint density at radius 2 is 0.771 bits per heavy atom. The van der Waals surface area contributed by atoms with E-state index in [1.807, 2.05) is 33.3 Å². The van der Waals surface area contributed by atoms with E-state index in [-0.39, 0.29) is 31.3 Å². The Balaban J connectivity index is 5.13. The van der Waals surface area contributed by atoms with E-state index in [1.54, 1.807) is 0 Å². The van der Waals surface area contributed by atoms with Crippen molar-refractivity contribution in [2.24, 2.45) is 0 Å². The molecule has 0 aromatic heterocycles. The van der Waals surface area contributed by atoms with Gasteiger partial charge in [-0.1, -0.05) is 264 Å². The maximum Gasteiger partial charge on any atom is 0.306 e. The van der Waals surface area contributed by atoms with Gasteiger partial charge in [0, 0.05) is 12.8 Å². The zero-order valence-electron chi connectivity index (χ0n) is 54.1. The van der Waals surface area contributed by atoms with Gasteiger partial charge in [-0.05, 0) is 122 Å². The van der Waals surface area contributed by atoms with E-state index in [0.29, 0.717) is 23.9 Å². The highest BCUT2D eigenvalue weighted by Crippen LogP contribution is 2.38. The molecule has 0 bridgehead atoms. The number of phosphoric acid groups is 1. The van der Waals surface area contributed by atoms with E-state index >= 15 is 0 Å². The molecule has 0 rings (SSSR count). The molecule has 0 aromatic carbocycles. The summed E-state index contributed by atoms with van der Waals surface area (Å²) in [7, 11) is 1.14. The van der Waals surface area contributed by atoms with Crippen molar-refractivity contribution in [1.82, 2.24) is 5.32 Å². The van der Waals surface area contributed by atoms with Crippen LogP contribution in [-0.4, -0.2) is 69.4 Å². The average molecular weight is 1170 g/mol. The van der Waals surface area contributed by atoms with Crippen LogP contribution in [0.3, 0.4) is 0 Å². The number of nitrogens with zero attached hydrogens (tertiary/aromatic N) is 1. The standard InChI is InChI=1S/C73H125N2O7P/c1-7-10-13-16-19-22-25-27-29-31-33-34-35-36-37-38-39-40-42-44-46-48-51-54-57-60-63-66-73(77)82-71(64-61-58-55-52-49-24-21-18-15-12-9-3)70(69-81-83(78,79)80-68-67-75(4,5)6)74-72(76)65-62-59-56-53-50-47-45-43-41-32-30-28-26-23-20-17-14-11-8-2/h10-11,13-14,19-20,22-23,27-30,33-34,36-37,41,43,47,50,61,64,70-71H,7-9,12,15-18,21,24-26,31-32,35,38-40,42,44-46,48-49,51-60,62-63,65-69H2,1-6H3,(H-,74,76,78,79)/b13-10-,14-11-,22-19-,23-20-,29-27-,30-28-,34-33-,37-36-,43-41-,50-47-,64-61-. The Kier molecular flexibility index (Phi) is 58.4. The van der Waals surface area contributed by atoms with Crippen LogP contribution in [0.15, 0.2) is 134 Å². The highest BCUT2D eigenvalue weighted by atomic mass is 31.2. The van der Waals surface area contributed by atoms with Gasteiger partial charge in [-0.2, -0.15) is 0 Å². The number of phosphoric ester groups is 1. The first-order valence-electron chi connectivity index (χ1n) is 33.5. The molecule has 0 aliphatic rings. The largest absolute Gasteiger partial charge is 0.756 e. The molecule has 1 N–H and O–H groups in total. The van der Waals surface area contributed by atoms with Gasteiger partial charge in [-0.15, -0.1) is 0 Å². The highest BCUT2D eigenvalue weighted by Gasteiger charge is 2.27. The molecule has 83 heavy (non-hydrogen) atoms. The lowest BCUT2D eigenvalue weighted by Crippen LogP contribution is -2.47. The van der Waals surface area contributed by atoms with Gasteiger partial charge in [0.15, 0.2) is 0 Å². The lowest BCUT2D eigenvalue weighted by atomic mass is 10.0. The van der Waals surface area contributed by atoms with Crippen molar-refractivity contribution in [1.29, 1.82) is 0 Å². The first-order chi connectivity index (χ1) is 40.4. The van der Waals surface area contributed by atoms with Gasteiger partial charge >= 0.3 is 5.97 Å². The molecule has 0 spiro atoms. The quantitative estimate of drug-likeness (QED) is 0.0212. The molecule has 1 amide bonds. The van der Waals surface area contributed by atoms with Crippen LogP contribution in [0.25, 0.3) is 0 Å². The zero-order chi connectivity index (χ0) is 60.7. The van der Waals surface area contributed by atoms with Crippen molar-refractivity contribution in [2.45, 2.75) is 277 Å². The van der Waals surface area contributed by atoms with Crippen molar-refractivity contribution >= 4 is 19.7 Å². The molecule has 474 valence electrons. The average Bonchev–Trinajstić information content (AvgIpc) is 3.51. The normalized spacial score (nSPS) is 14.4. The van der Waals surface area contributed by atoms with E-state index in [4.69, 9.17) is 13.8 Å². The fourth-order valence-corrected chi connectivity index (χ4v) is 9.71. The molecule has 3 atom stereocenters. The number of ether oxygens (including phenoxy) is 1. The zero-order valence-corrected chi connectivity index (χ0v) is 55.0. The summed E-state index contributed by atoms with van der Waals surface area (Å²) in [5.74, 6) is -0.589. The summed E-state index contributed by atoms with van der Waals surface area (Å²) in [6.45, 7) is 6.57. The highest BCUT2D eigenvalue weighted by molar-refractivity contribution is 7.45. The molecule has 0 aliphatic carbocycles. The van der Waals surface area contributed by atoms with E-state index in [1.165, 1.54) is 89.9 Å². The van der Waals surface area contributed by atoms with Gasteiger partial charge in [-0.3, -0.25) is 14.2 Å². The number of nitrogens with one attached hydrogen (secondary N) is 1. The van der Waals surface area contributed by atoms with Crippen molar-refractivity contribution < 1.29 is 37.3 Å². The van der Waals surface area contributed by atoms with Crippen molar-refractivity contribution in [2.75, 3.05) is 40.9 Å². The molecular formula is C73H125N2O7P. The minimum atomic E-state index is -4.72. The van der Waals surface area contributed by atoms with Crippen molar-refractivity contribution in [3.63, 3.8) is 0 Å². The number of carbonyl (C=O) groups is 2. The summed E-state index contributed by atoms with van der Waals surface area (Å²) < 4.78 is 30.3. The second-order valence-electron chi connectivity index (χ2n) is 23.2. The lowest BCUT2D eigenvalue weighted by molar-refractivity contribution is -0.870. The number of allylic oxidation sites excluding steroid dienone is 21. The fourth-order valence-electron chi connectivity index (χ4n) is 8.99. The summed E-state index contributed by atoms with van der Waals surface area (Å²) in [6.07, 6.45) is 87.2. The van der Waals surface area contributed by atoms with Crippen LogP contribution in [0.2, 0.25) is 0 Å².